The molecule has 0 aliphatic rings. The molecule has 0 amide bonds. The van der Waals surface area contributed by atoms with E-state index in [1.54, 1.807) is 6.20 Å². The molecule has 3 rings (SSSR count). The van der Waals surface area contributed by atoms with Crippen molar-refractivity contribution >= 4 is 39.1 Å². The van der Waals surface area contributed by atoms with E-state index in [9.17, 15) is 0 Å². The van der Waals surface area contributed by atoms with Crippen LogP contribution in [0.1, 0.15) is 13.8 Å². The number of halogens is 1. The minimum Gasteiger partial charge on any atom is -0.489 e. The minimum atomic E-state index is 0.0992. The number of benzene rings is 2. The van der Waals surface area contributed by atoms with E-state index < -0.39 is 0 Å². The molecule has 3 aromatic rings. The van der Waals surface area contributed by atoms with Crippen LogP contribution in [0.2, 0.25) is 0 Å². The van der Waals surface area contributed by atoms with Crippen LogP contribution in [0.4, 0.5) is 23.1 Å². The van der Waals surface area contributed by atoms with Crippen LogP contribution in [0.15, 0.2) is 65.3 Å². The van der Waals surface area contributed by atoms with Crippen LogP contribution in [0.3, 0.4) is 0 Å². The minimum absolute atomic E-state index is 0.0992. The van der Waals surface area contributed by atoms with Crippen molar-refractivity contribution in [1.82, 2.24) is 9.97 Å². The Kier molecular flexibility index (Phi) is 5.50. The Labute approximate surface area is 155 Å². The zero-order chi connectivity index (χ0) is 17.6. The van der Waals surface area contributed by atoms with Crippen LogP contribution < -0.4 is 15.4 Å². The lowest BCUT2D eigenvalue weighted by Crippen LogP contribution is -2.07. The van der Waals surface area contributed by atoms with E-state index >= 15 is 0 Å². The zero-order valence-corrected chi connectivity index (χ0v) is 15.6. The van der Waals surface area contributed by atoms with E-state index in [1.165, 1.54) is 0 Å². The molecule has 2 N–H and O–H groups in total. The summed E-state index contributed by atoms with van der Waals surface area (Å²) in [5.74, 6) is 2.00. The van der Waals surface area contributed by atoms with Crippen molar-refractivity contribution in [1.29, 1.82) is 0 Å². The van der Waals surface area contributed by atoms with Crippen molar-refractivity contribution in [2.24, 2.45) is 0 Å². The van der Waals surface area contributed by atoms with Crippen LogP contribution in [-0.2, 0) is 0 Å². The molecule has 1 aromatic heterocycles. The number of hydrogen-bond acceptors (Lipinski definition) is 5. The Balaban J connectivity index is 1.78. The SMILES string of the molecule is CC(C)Oc1ccccc1Nc1ccnc(Nc2cccc(Br)c2)n1. The molecule has 0 aliphatic heterocycles. The summed E-state index contributed by atoms with van der Waals surface area (Å²) in [6.45, 7) is 4.00. The third kappa shape index (κ3) is 4.93. The first-order valence-electron chi connectivity index (χ1n) is 7.98. The van der Waals surface area contributed by atoms with Crippen LogP contribution in [0.25, 0.3) is 0 Å². The molecule has 0 atom stereocenters. The molecule has 0 unspecified atom stereocenters. The summed E-state index contributed by atoms with van der Waals surface area (Å²) in [6.07, 6.45) is 1.81. The first kappa shape index (κ1) is 17.2. The molecule has 2 aromatic carbocycles. The second kappa shape index (κ2) is 7.98. The van der Waals surface area contributed by atoms with E-state index in [2.05, 4.69) is 36.5 Å². The van der Waals surface area contributed by atoms with Gasteiger partial charge in [-0.05, 0) is 50.2 Å². The second-order valence-electron chi connectivity index (χ2n) is 5.69. The Morgan fingerprint density at radius 1 is 1.00 bits per heavy atom. The molecule has 25 heavy (non-hydrogen) atoms. The molecule has 0 bridgehead atoms. The van der Waals surface area contributed by atoms with Crippen molar-refractivity contribution in [2.75, 3.05) is 10.6 Å². The van der Waals surface area contributed by atoms with Gasteiger partial charge in [-0.2, -0.15) is 4.98 Å². The summed E-state index contributed by atoms with van der Waals surface area (Å²) in [7, 11) is 0. The van der Waals surface area contributed by atoms with Crippen molar-refractivity contribution in [2.45, 2.75) is 20.0 Å². The monoisotopic (exact) mass is 398 g/mol. The van der Waals surface area contributed by atoms with Gasteiger partial charge in [-0.15, -0.1) is 0 Å². The summed E-state index contributed by atoms with van der Waals surface area (Å²) in [5.41, 5.74) is 1.78. The Bertz CT molecular complexity index is 854. The predicted octanol–water partition coefficient (Wildman–Crippen LogP) is 5.51. The number of ether oxygens (including phenoxy) is 1. The van der Waals surface area contributed by atoms with Gasteiger partial charge in [-0.1, -0.05) is 34.1 Å². The van der Waals surface area contributed by atoms with Gasteiger partial charge in [-0.25, -0.2) is 4.98 Å². The molecule has 5 nitrogen and oxygen atoms in total. The highest BCUT2D eigenvalue weighted by atomic mass is 79.9. The standard InChI is InChI=1S/C19H19BrN4O/c1-13(2)25-17-9-4-3-8-16(17)23-18-10-11-21-19(24-18)22-15-7-5-6-14(20)12-15/h3-13H,1-2H3,(H2,21,22,23,24). The van der Waals surface area contributed by atoms with E-state index in [0.717, 1.165) is 21.6 Å². The predicted molar refractivity (Wildman–Crippen MR) is 105 cm³/mol. The van der Waals surface area contributed by atoms with Crippen molar-refractivity contribution in [3.8, 4) is 5.75 Å². The molecule has 0 aliphatic carbocycles. The quantitative estimate of drug-likeness (QED) is 0.572. The fourth-order valence-electron chi connectivity index (χ4n) is 2.25. The van der Waals surface area contributed by atoms with E-state index in [1.807, 2.05) is 68.4 Å². The molecular weight excluding hydrogens is 380 g/mol. The third-order valence-corrected chi connectivity index (χ3v) is 3.74. The molecule has 0 fully saturated rings. The van der Waals surface area contributed by atoms with Crippen LogP contribution >= 0.6 is 15.9 Å². The molecule has 0 radical (unpaired) electrons. The van der Waals surface area contributed by atoms with Gasteiger partial charge in [0.2, 0.25) is 5.95 Å². The topological polar surface area (TPSA) is 59.1 Å². The molecule has 0 saturated carbocycles. The summed E-state index contributed by atoms with van der Waals surface area (Å²) in [6, 6.07) is 17.5. The highest BCUT2D eigenvalue weighted by molar-refractivity contribution is 9.10. The normalized spacial score (nSPS) is 10.6. The fourth-order valence-corrected chi connectivity index (χ4v) is 2.65. The van der Waals surface area contributed by atoms with Gasteiger partial charge in [0.1, 0.15) is 11.6 Å². The summed E-state index contributed by atoms with van der Waals surface area (Å²) >= 11 is 3.45. The first-order valence-corrected chi connectivity index (χ1v) is 8.78. The summed E-state index contributed by atoms with van der Waals surface area (Å²) in [4.78, 5) is 8.78. The number of para-hydroxylation sites is 2. The van der Waals surface area contributed by atoms with Gasteiger partial charge in [0.15, 0.2) is 0 Å². The third-order valence-electron chi connectivity index (χ3n) is 3.25. The van der Waals surface area contributed by atoms with Gasteiger partial charge < -0.3 is 15.4 Å². The van der Waals surface area contributed by atoms with E-state index in [4.69, 9.17) is 4.74 Å². The van der Waals surface area contributed by atoms with Gasteiger partial charge >= 0.3 is 0 Å². The number of hydrogen-bond donors (Lipinski definition) is 2. The number of nitrogens with one attached hydrogen (secondary N) is 2. The lowest BCUT2D eigenvalue weighted by Gasteiger charge is -2.15. The van der Waals surface area contributed by atoms with Gasteiger partial charge in [-0.3, -0.25) is 0 Å². The summed E-state index contributed by atoms with van der Waals surface area (Å²) in [5, 5.41) is 6.48. The van der Waals surface area contributed by atoms with E-state index in [0.29, 0.717) is 11.8 Å². The highest BCUT2D eigenvalue weighted by Gasteiger charge is 2.07. The molecular formula is C19H19BrN4O. The van der Waals surface area contributed by atoms with Gasteiger partial charge in [0, 0.05) is 16.4 Å². The van der Waals surface area contributed by atoms with Gasteiger partial charge in [0.25, 0.3) is 0 Å². The van der Waals surface area contributed by atoms with Crippen LogP contribution in [0, 0.1) is 0 Å². The molecule has 128 valence electrons. The summed E-state index contributed by atoms with van der Waals surface area (Å²) < 4.78 is 6.82. The fraction of sp³-hybridized carbons (Fsp3) is 0.158. The molecule has 6 heteroatoms. The number of anilines is 4. The Hall–Kier alpha value is -2.60. The van der Waals surface area contributed by atoms with Crippen molar-refractivity contribution in [3.05, 3.63) is 65.3 Å². The maximum atomic E-state index is 5.83. The first-order chi connectivity index (χ1) is 12.1. The second-order valence-corrected chi connectivity index (χ2v) is 6.60. The Morgan fingerprint density at radius 2 is 1.84 bits per heavy atom. The molecule has 0 spiro atoms. The Morgan fingerprint density at radius 3 is 2.64 bits per heavy atom. The lowest BCUT2D eigenvalue weighted by molar-refractivity contribution is 0.244. The van der Waals surface area contributed by atoms with Crippen molar-refractivity contribution in [3.63, 3.8) is 0 Å². The number of rotatable bonds is 6. The molecule has 1 heterocycles. The lowest BCUT2D eigenvalue weighted by atomic mass is 10.3. The average molecular weight is 399 g/mol. The maximum Gasteiger partial charge on any atom is 0.229 e. The highest BCUT2D eigenvalue weighted by Crippen LogP contribution is 2.28. The van der Waals surface area contributed by atoms with Crippen LogP contribution in [0.5, 0.6) is 5.75 Å². The number of nitrogens with zero attached hydrogens (tertiary/aromatic N) is 2. The maximum absolute atomic E-state index is 5.83. The van der Waals surface area contributed by atoms with Gasteiger partial charge in [0.05, 0.1) is 11.8 Å². The largest absolute Gasteiger partial charge is 0.489 e. The van der Waals surface area contributed by atoms with Crippen molar-refractivity contribution < 1.29 is 4.74 Å². The number of aromatic nitrogens is 2. The van der Waals surface area contributed by atoms with E-state index in [-0.39, 0.29) is 6.10 Å². The average Bonchev–Trinajstić information content (AvgIpc) is 2.57. The zero-order valence-electron chi connectivity index (χ0n) is 14.0. The smallest absolute Gasteiger partial charge is 0.229 e. The molecule has 0 saturated heterocycles. The van der Waals surface area contributed by atoms with Crippen LogP contribution in [-0.4, -0.2) is 16.1 Å².